The van der Waals surface area contributed by atoms with Gasteiger partial charge in [-0.1, -0.05) is 12.1 Å². The van der Waals surface area contributed by atoms with Crippen LogP contribution in [0.2, 0.25) is 0 Å². The van der Waals surface area contributed by atoms with Gasteiger partial charge in [0.15, 0.2) is 0 Å². The summed E-state index contributed by atoms with van der Waals surface area (Å²) < 4.78 is 15.0. The number of benzene rings is 2. The molecule has 0 atom stereocenters. The number of nitrogens with two attached hydrogens (primary N) is 1. The predicted octanol–water partition coefficient (Wildman–Crippen LogP) is 3.15. The Morgan fingerprint density at radius 1 is 1.06 bits per heavy atom. The maximum atomic E-state index is 13.3. The normalized spacial score (nSPS) is 14.1. The van der Waals surface area contributed by atoms with Gasteiger partial charge in [-0.05, 0) is 63.1 Å². The van der Waals surface area contributed by atoms with E-state index in [0.717, 1.165) is 11.3 Å². The molecule has 2 aromatic carbocycles. The van der Waals surface area contributed by atoms with E-state index in [1.807, 2.05) is 13.8 Å². The Hall–Kier alpha value is -4.01. The fraction of sp³-hybridized carbons (Fsp3) is 0.308. The van der Waals surface area contributed by atoms with Gasteiger partial charge in [-0.3, -0.25) is 14.4 Å². The van der Waals surface area contributed by atoms with Crippen LogP contribution in [-0.4, -0.2) is 45.5 Å². The van der Waals surface area contributed by atoms with Gasteiger partial charge in [0, 0.05) is 30.3 Å². The van der Waals surface area contributed by atoms with Crippen molar-refractivity contribution in [3.05, 3.63) is 76.9 Å². The molecular formula is C26H28FN5O3. The number of hydrogen-bond acceptors (Lipinski definition) is 4. The SMILES string of the molecule is Cc1nn(-c2ccc(F)cc2)c(C)c1CC(=O)Nc1ccccc1C(=O)N1CCC(C(N)=O)CC1. The van der Waals surface area contributed by atoms with Crippen LogP contribution in [0.15, 0.2) is 48.5 Å². The van der Waals surface area contributed by atoms with Crippen molar-refractivity contribution in [2.45, 2.75) is 33.1 Å². The molecule has 35 heavy (non-hydrogen) atoms. The topological polar surface area (TPSA) is 110 Å². The van der Waals surface area contributed by atoms with Crippen LogP contribution in [0.4, 0.5) is 10.1 Å². The van der Waals surface area contributed by atoms with Crippen molar-refractivity contribution in [2.24, 2.45) is 11.7 Å². The number of aryl methyl sites for hydroxylation is 1. The molecule has 1 aliphatic heterocycles. The quantitative estimate of drug-likeness (QED) is 0.568. The molecule has 0 unspecified atom stereocenters. The van der Waals surface area contributed by atoms with E-state index >= 15 is 0 Å². The minimum absolute atomic E-state index is 0.0748. The molecule has 0 saturated carbocycles. The lowest BCUT2D eigenvalue weighted by Crippen LogP contribution is -2.42. The highest BCUT2D eigenvalue weighted by molar-refractivity contribution is 6.04. The minimum Gasteiger partial charge on any atom is -0.369 e. The predicted molar refractivity (Wildman–Crippen MR) is 130 cm³/mol. The Morgan fingerprint density at radius 3 is 2.37 bits per heavy atom. The average molecular weight is 478 g/mol. The molecule has 0 spiro atoms. The Morgan fingerprint density at radius 2 is 1.71 bits per heavy atom. The third-order valence-electron chi connectivity index (χ3n) is 6.47. The van der Waals surface area contributed by atoms with Crippen molar-refractivity contribution >= 4 is 23.4 Å². The molecule has 3 aromatic rings. The average Bonchev–Trinajstić information content (AvgIpc) is 3.12. The van der Waals surface area contributed by atoms with Crippen LogP contribution in [0.25, 0.3) is 5.69 Å². The van der Waals surface area contributed by atoms with Crippen molar-refractivity contribution in [1.29, 1.82) is 0 Å². The van der Waals surface area contributed by atoms with E-state index in [1.54, 1.807) is 46.0 Å². The number of nitrogens with one attached hydrogen (secondary N) is 1. The number of primary amides is 1. The van der Waals surface area contributed by atoms with Crippen LogP contribution in [0.3, 0.4) is 0 Å². The van der Waals surface area contributed by atoms with Crippen LogP contribution >= 0.6 is 0 Å². The molecule has 9 heteroatoms. The summed E-state index contributed by atoms with van der Waals surface area (Å²) in [4.78, 5) is 39.2. The maximum absolute atomic E-state index is 13.3. The third-order valence-corrected chi connectivity index (χ3v) is 6.47. The van der Waals surface area contributed by atoms with E-state index in [0.29, 0.717) is 48.6 Å². The van der Waals surface area contributed by atoms with Gasteiger partial charge in [0.05, 0.1) is 29.1 Å². The lowest BCUT2D eigenvalue weighted by molar-refractivity contribution is -0.123. The first kappa shape index (κ1) is 24.1. The van der Waals surface area contributed by atoms with Crippen molar-refractivity contribution < 1.29 is 18.8 Å². The number of likely N-dealkylation sites (tertiary alicyclic amines) is 1. The summed E-state index contributed by atoms with van der Waals surface area (Å²) in [6, 6.07) is 12.9. The van der Waals surface area contributed by atoms with Gasteiger partial charge in [-0.25, -0.2) is 9.07 Å². The fourth-order valence-electron chi connectivity index (χ4n) is 4.44. The van der Waals surface area contributed by atoms with E-state index in [4.69, 9.17) is 5.73 Å². The maximum Gasteiger partial charge on any atom is 0.255 e. The van der Waals surface area contributed by atoms with Crippen molar-refractivity contribution in [2.75, 3.05) is 18.4 Å². The number of halogens is 1. The molecular weight excluding hydrogens is 449 g/mol. The minimum atomic E-state index is -0.335. The molecule has 3 amide bonds. The molecule has 2 heterocycles. The second-order valence-electron chi connectivity index (χ2n) is 8.78. The van der Waals surface area contributed by atoms with Gasteiger partial charge in [-0.15, -0.1) is 0 Å². The molecule has 0 radical (unpaired) electrons. The van der Waals surface area contributed by atoms with E-state index in [1.165, 1.54) is 12.1 Å². The summed E-state index contributed by atoms with van der Waals surface area (Å²) in [6.45, 7) is 4.56. The summed E-state index contributed by atoms with van der Waals surface area (Å²) in [7, 11) is 0. The zero-order valence-corrected chi connectivity index (χ0v) is 19.8. The number of nitrogens with zero attached hydrogens (tertiary/aromatic N) is 3. The Bertz CT molecular complexity index is 1260. The number of carbonyl (C=O) groups excluding carboxylic acids is 3. The highest BCUT2D eigenvalue weighted by Gasteiger charge is 2.28. The Labute approximate surface area is 202 Å². The zero-order valence-electron chi connectivity index (χ0n) is 19.8. The molecule has 1 saturated heterocycles. The number of hydrogen-bond donors (Lipinski definition) is 2. The van der Waals surface area contributed by atoms with Crippen molar-refractivity contribution in [1.82, 2.24) is 14.7 Å². The number of carbonyl (C=O) groups is 3. The Balaban J connectivity index is 1.48. The van der Waals surface area contributed by atoms with Crippen LogP contribution in [0.5, 0.6) is 0 Å². The molecule has 4 rings (SSSR count). The summed E-state index contributed by atoms with van der Waals surface area (Å²) in [5.41, 5.74) is 9.17. The van der Waals surface area contributed by atoms with Crippen LogP contribution in [0, 0.1) is 25.6 Å². The molecule has 8 nitrogen and oxygen atoms in total. The van der Waals surface area contributed by atoms with E-state index in [9.17, 15) is 18.8 Å². The first-order valence-electron chi connectivity index (χ1n) is 11.5. The highest BCUT2D eigenvalue weighted by atomic mass is 19.1. The van der Waals surface area contributed by atoms with E-state index < -0.39 is 0 Å². The van der Waals surface area contributed by atoms with E-state index in [2.05, 4.69) is 10.4 Å². The number of para-hydroxylation sites is 1. The third kappa shape index (κ3) is 5.24. The van der Waals surface area contributed by atoms with Crippen LogP contribution in [-0.2, 0) is 16.0 Å². The van der Waals surface area contributed by atoms with Crippen molar-refractivity contribution in [3.8, 4) is 5.69 Å². The van der Waals surface area contributed by atoms with Gasteiger partial charge in [0.2, 0.25) is 11.8 Å². The second kappa shape index (κ2) is 10.1. The summed E-state index contributed by atoms with van der Waals surface area (Å²) >= 11 is 0. The molecule has 182 valence electrons. The number of aromatic nitrogens is 2. The summed E-state index contributed by atoms with van der Waals surface area (Å²) in [5, 5.41) is 7.39. The zero-order chi connectivity index (χ0) is 25.1. The Kier molecular flexibility index (Phi) is 6.95. The van der Waals surface area contributed by atoms with Gasteiger partial charge >= 0.3 is 0 Å². The lowest BCUT2D eigenvalue weighted by atomic mass is 9.95. The molecule has 1 aliphatic rings. The number of rotatable bonds is 6. The lowest BCUT2D eigenvalue weighted by Gasteiger charge is -2.31. The number of piperidine rings is 1. The molecule has 3 N–H and O–H groups in total. The fourth-order valence-corrected chi connectivity index (χ4v) is 4.44. The van der Waals surface area contributed by atoms with Gasteiger partial charge in [-0.2, -0.15) is 5.10 Å². The second-order valence-corrected chi connectivity index (χ2v) is 8.78. The van der Waals surface area contributed by atoms with Crippen LogP contribution in [0.1, 0.15) is 40.2 Å². The smallest absolute Gasteiger partial charge is 0.255 e. The number of anilines is 1. The van der Waals surface area contributed by atoms with E-state index in [-0.39, 0.29) is 35.9 Å². The standard InChI is InChI=1S/C26H28FN5O3/c1-16-22(17(2)32(30-16)20-9-7-19(27)8-10-20)15-24(33)29-23-6-4-3-5-21(23)26(35)31-13-11-18(12-14-31)25(28)34/h3-10,18H,11-15H2,1-2H3,(H2,28,34)(H,29,33). The molecule has 0 aliphatic carbocycles. The summed E-state index contributed by atoms with van der Waals surface area (Å²) in [6.07, 6.45) is 1.14. The molecule has 0 bridgehead atoms. The van der Waals surface area contributed by atoms with Crippen molar-refractivity contribution in [3.63, 3.8) is 0 Å². The monoisotopic (exact) mass is 477 g/mol. The highest BCUT2D eigenvalue weighted by Crippen LogP contribution is 2.24. The largest absolute Gasteiger partial charge is 0.369 e. The first-order valence-corrected chi connectivity index (χ1v) is 11.5. The van der Waals surface area contributed by atoms with Gasteiger partial charge in [0.1, 0.15) is 5.82 Å². The van der Waals surface area contributed by atoms with Gasteiger partial charge < -0.3 is 16.0 Å². The summed E-state index contributed by atoms with van der Waals surface area (Å²) in [5.74, 6) is -1.35. The number of amides is 3. The van der Waals surface area contributed by atoms with Gasteiger partial charge in [0.25, 0.3) is 5.91 Å². The molecule has 1 fully saturated rings. The first-order chi connectivity index (χ1) is 16.7. The molecule has 1 aromatic heterocycles. The van der Waals surface area contributed by atoms with Crippen LogP contribution < -0.4 is 11.1 Å².